The lowest BCUT2D eigenvalue weighted by Gasteiger charge is -2.26. The molecule has 2 N–H and O–H groups in total. The van der Waals surface area contributed by atoms with Gasteiger partial charge in [-0.25, -0.2) is 22.7 Å². The fourth-order valence-corrected chi connectivity index (χ4v) is 4.32. The van der Waals surface area contributed by atoms with Gasteiger partial charge in [-0.15, -0.1) is 0 Å². The van der Waals surface area contributed by atoms with Crippen molar-refractivity contribution in [3.63, 3.8) is 0 Å². The summed E-state index contributed by atoms with van der Waals surface area (Å²) in [5.41, 5.74) is 2.60. The van der Waals surface area contributed by atoms with Crippen LogP contribution in [0.5, 0.6) is 5.75 Å². The first kappa shape index (κ1) is 23.6. The summed E-state index contributed by atoms with van der Waals surface area (Å²) >= 11 is 0. The Morgan fingerprint density at radius 1 is 1.25 bits per heavy atom. The molecule has 32 heavy (non-hydrogen) atoms. The molecule has 2 aromatic carbocycles. The van der Waals surface area contributed by atoms with E-state index in [2.05, 4.69) is 5.16 Å². The third-order valence-electron chi connectivity index (χ3n) is 5.51. The van der Waals surface area contributed by atoms with Crippen LogP contribution >= 0.6 is 0 Å². The Morgan fingerprint density at radius 3 is 2.31 bits per heavy atom. The van der Waals surface area contributed by atoms with Crippen molar-refractivity contribution in [1.29, 1.82) is 0 Å². The maximum absolute atomic E-state index is 14.3. The number of nitrogens with zero attached hydrogens (tertiary/aromatic N) is 1. The van der Waals surface area contributed by atoms with E-state index in [1.54, 1.807) is 12.1 Å². The molecule has 2 unspecified atom stereocenters. The number of nitrogens with one attached hydrogen (secondary N) is 1. The second-order valence-electron chi connectivity index (χ2n) is 7.66. The van der Waals surface area contributed by atoms with Crippen molar-refractivity contribution in [1.82, 2.24) is 5.48 Å². The molecule has 1 aliphatic heterocycles. The van der Waals surface area contributed by atoms with E-state index >= 15 is 0 Å². The standard InChI is InChI=1S/C21H22F2N2O6S/c1-21(20(26)24-27,32(3,28)29)11-15-10-18(25-31-15)12-4-6-13(7-5-12)19-16(22)8-14(30-2)9-17(19)23/h4-9,15,27H,10-11H2,1-3H3,(H,24,26). The predicted octanol–water partition coefficient (Wildman–Crippen LogP) is 2.83. The maximum Gasteiger partial charge on any atom is 0.264 e. The highest BCUT2D eigenvalue weighted by molar-refractivity contribution is 7.92. The molecular formula is C21H22F2N2O6S. The van der Waals surface area contributed by atoms with Crippen LogP contribution in [0.25, 0.3) is 11.1 Å². The summed E-state index contributed by atoms with van der Waals surface area (Å²) in [5, 5.41) is 12.9. The number of methoxy groups -OCH3 is 1. The molecule has 0 bridgehead atoms. The van der Waals surface area contributed by atoms with E-state index in [-0.39, 0.29) is 24.2 Å². The summed E-state index contributed by atoms with van der Waals surface area (Å²) in [6.07, 6.45) is 0.146. The van der Waals surface area contributed by atoms with E-state index in [4.69, 9.17) is 14.8 Å². The van der Waals surface area contributed by atoms with E-state index in [1.165, 1.54) is 31.6 Å². The quantitative estimate of drug-likeness (QED) is 0.477. The van der Waals surface area contributed by atoms with E-state index < -0.39 is 38.2 Å². The number of carbonyl (C=O) groups is 1. The second-order valence-corrected chi connectivity index (χ2v) is 10.1. The lowest BCUT2D eigenvalue weighted by Crippen LogP contribution is -2.51. The fourth-order valence-electron chi connectivity index (χ4n) is 3.45. The van der Waals surface area contributed by atoms with Gasteiger partial charge in [-0.05, 0) is 18.1 Å². The van der Waals surface area contributed by atoms with Crippen LogP contribution in [-0.2, 0) is 19.5 Å². The van der Waals surface area contributed by atoms with Crippen molar-refractivity contribution in [3.05, 3.63) is 53.6 Å². The molecule has 0 spiro atoms. The Hall–Kier alpha value is -3.05. The van der Waals surface area contributed by atoms with Crippen LogP contribution in [-0.4, -0.2) is 49.5 Å². The SMILES string of the molecule is COc1cc(F)c(-c2ccc(C3=NOC(CC(C)(C(=O)NO)S(C)(=O)=O)C3)cc2)c(F)c1. The highest BCUT2D eigenvalue weighted by Gasteiger charge is 2.47. The Balaban J connectivity index is 1.77. The first-order valence-corrected chi connectivity index (χ1v) is 11.4. The zero-order valence-corrected chi connectivity index (χ0v) is 18.4. The van der Waals surface area contributed by atoms with Crippen molar-refractivity contribution in [2.45, 2.75) is 30.6 Å². The molecule has 1 heterocycles. The van der Waals surface area contributed by atoms with Crippen molar-refractivity contribution < 1.29 is 36.8 Å². The molecule has 0 aromatic heterocycles. The van der Waals surface area contributed by atoms with Gasteiger partial charge in [0.15, 0.2) is 14.6 Å². The van der Waals surface area contributed by atoms with E-state index in [9.17, 15) is 22.0 Å². The second kappa shape index (κ2) is 8.83. The number of amides is 1. The van der Waals surface area contributed by atoms with Gasteiger partial charge in [-0.2, -0.15) is 0 Å². The third kappa shape index (κ3) is 4.44. The van der Waals surface area contributed by atoms with Gasteiger partial charge in [0.05, 0.1) is 18.4 Å². The van der Waals surface area contributed by atoms with Gasteiger partial charge in [0, 0.05) is 31.2 Å². The first-order chi connectivity index (χ1) is 15.0. The van der Waals surface area contributed by atoms with Gasteiger partial charge in [0.1, 0.15) is 23.5 Å². The molecule has 2 atom stereocenters. The van der Waals surface area contributed by atoms with Gasteiger partial charge in [-0.1, -0.05) is 29.4 Å². The molecular weight excluding hydrogens is 446 g/mol. The van der Waals surface area contributed by atoms with E-state index in [1.807, 2.05) is 0 Å². The fraction of sp³-hybridized carbons (Fsp3) is 0.333. The number of ether oxygens (including phenoxy) is 1. The Labute approximate surface area is 183 Å². The summed E-state index contributed by atoms with van der Waals surface area (Å²) in [7, 11) is -2.56. The summed E-state index contributed by atoms with van der Waals surface area (Å²) in [4.78, 5) is 17.3. The lowest BCUT2D eigenvalue weighted by molar-refractivity contribution is -0.132. The van der Waals surface area contributed by atoms with E-state index in [0.717, 1.165) is 18.4 Å². The molecule has 0 radical (unpaired) electrons. The molecule has 0 fully saturated rings. The largest absolute Gasteiger partial charge is 0.497 e. The molecule has 172 valence electrons. The third-order valence-corrected chi connectivity index (χ3v) is 7.50. The Bertz CT molecular complexity index is 1140. The summed E-state index contributed by atoms with van der Waals surface area (Å²) in [6, 6.07) is 8.45. The van der Waals surface area contributed by atoms with Crippen LogP contribution in [0.4, 0.5) is 8.78 Å². The van der Waals surface area contributed by atoms with Crippen molar-refractivity contribution >= 4 is 21.5 Å². The summed E-state index contributed by atoms with van der Waals surface area (Å²) in [6.45, 7) is 1.20. The molecule has 8 nitrogen and oxygen atoms in total. The van der Waals surface area contributed by atoms with Crippen molar-refractivity contribution in [2.75, 3.05) is 13.4 Å². The number of sulfone groups is 1. The zero-order chi connectivity index (χ0) is 23.7. The number of benzene rings is 2. The average molecular weight is 468 g/mol. The minimum Gasteiger partial charge on any atom is -0.497 e. The monoisotopic (exact) mass is 468 g/mol. The molecule has 1 aliphatic rings. The van der Waals surface area contributed by atoms with Gasteiger partial charge in [0.2, 0.25) is 0 Å². The van der Waals surface area contributed by atoms with Gasteiger partial charge >= 0.3 is 0 Å². The molecule has 2 aromatic rings. The molecule has 0 aliphatic carbocycles. The number of oxime groups is 1. The zero-order valence-electron chi connectivity index (χ0n) is 17.6. The number of hydrogen-bond acceptors (Lipinski definition) is 7. The average Bonchev–Trinajstić information content (AvgIpc) is 3.20. The van der Waals surface area contributed by atoms with Crippen LogP contribution in [0.15, 0.2) is 41.6 Å². The maximum atomic E-state index is 14.3. The number of hydrogen-bond donors (Lipinski definition) is 2. The molecule has 1 amide bonds. The molecule has 11 heteroatoms. The van der Waals surface area contributed by atoms with Crippen molar-refractivity contribution in [2.24, 2.45) is 5.16 Å². The van der Waals surface area contributed by atoms with Crippen LogP contribution in [0.2, 0.25) is 0 Å². The summed E-state index contributed by atoms with van der Waals surface area (Å²) in [5.74, 6) is -2.53. The topological polar surface area (TPSA) is 114 Å². The first-order valence-electron chi connectivity index (χ1n) is 9.51. The van der Waals surface area contributed by atoms with Gasteiger partial charge < -0.3 is 9.57 Å². The van der Waals surface area contributed by atoms with Crippen LogP contribution < -0.4 is 10.2 Å². The number of carbonyl (C=O) groups excluding carboxylic acids is 1. The van der Waals surface area contributed by atoms with Crippen molar-refractivity contribution in [3.8, 4) is 16.9 Å². The smallest absolute Gasteiger partial charge is 0.264 e. The molecule has 3 rings (SSSR count). The number of hydroxylamine groups is 1. The van der Waals surface area contributed by atoms with E-state index in [0.29, 0.717) is 16.8 Å². The predicted molar refractivity (Wildman–Crippen MR) is 112 cm³/mol. The van der Waals surface area contributed by atoms with Crippen LogP contribution in [0.1, 0.15) is 25.3 Å². The minimum atomic E-state index is -3.88. The Kier molecular flexibility index (Phi) is 6.51. The normalized spacial score (nSPS) is 17.8. The Morgan fingerprint density at radius 2 is 1.81 bits per heavy atom. The van der Waals surface area contributed by atoms with Crippen LogP contribution in [0.3, 0.4) is 0 Å². The van der Waals surface area contributed by atoms with Gasteiger partial charge in [-0.3, -0.25) is 10.0 Å². The highest BCUT2D eigenvalue weighted by atomic mass is 32.2. The van der Waals surface area contributed by atoms with Crippen LogP contribution in [0, 0.1) is 11.6 Å². The highest BCUT2D eigenvalue weighted by Crippen LogP contribution is 2.32. The number of halogens is 2. The summed E-state index contributed by atoms with van der Waals surface area (Å²) < 4.78 is 55.8. The molecule has 0 saturated heterocycles. The minimum absolute atomic E-state index is 0.0693. The lowest BCUT2D eigenvalue weighted by atomic mass is 9.95. The number of rotatable bonds is 7. The van der Waals surface area contributed by atoms with Gasteiger partial charge in [0.25, 0.3) is 5.91 Å². The molecule has 0 saturated carbocycles.